The fourth-order valence-corrected chi connectivity index (χ4v) is 1.87. The molecule has 0 aliphatic carbocycles. The molecule has 0 N–H and O–H groups in total. The van der Waals surface area contributed by atoms with Crippen molar-refractivity contribution in [2.45, 2.75) is 19.8 Å². The van der Waals surface area contributed by atoms with Gasteiger partial charge in [-0.25, -0.2) is 8.78 Å². The van der Waals surface area contributed by atoms with Crippen LogP contribution < -0.4 is 0 Å². The van der Waals surface area contributed by atoms with Gasteiger partial charge < -0.3 is 4.74 Å². The van der Waals surface area contributed by atoms with E-state index in [1.807, 2.05) is 0 Å². The Kier molecular flexibility index (Phi) is 5.60. The van der Waals surface area contributed by atoms with Gasteiger partial charge in [-0.05, 0) is 19.9 Å². The van der Waals surface area contributed by atoms with Crippen LogP contribution in [-0.4, -0.2) is 29.7 Å². The first-order valence-corrected chi connectivity index (χ1v) is 6.04. The summed E-state index contributed by atoms with van der Waals surface area (Å²) in [6.07, 6.45) is 0. The fourth-order valence-electron chi connectivity index (χ4n) is 1.87. The van der Waals surface area contributed by atoms with Gasteiger partial charge in [0.15, 0.2) is 17.4 Å². The second-order valence-electron chi connectivity index (χ2n) is 4.20. The molecule has 1 rings (SSSR count). The fraction of sp³-hybridized carbons (Fsp3) is 0.385. The first-order valence-electron chi connectivity index (χ1n) is 6.04. The van der Waals surface area contributed by atoms with Crippen LogP contribution in [0.3, 0.4) is 0 Å². The molecule has 6 nitrogen and oxygen atoms in total. The molecule has 0 aliphatic heterocycles. The van der Waals surface area contributed by atoms with Gasteiger partial charge in [-0.1, -0.05) is 0 Å². The van der Waals surface area contributed by atoms with Crippen molar-refractivity contribution in [1.29, 1.82) is 0 Å². The Morgan fingerprint density at radius 3 is 2.48 bits per heavy atom. The summed E-state index contributed by atoms with van der Waals surface area (Å²) < 4.78 is 32.0. The summed E-state index contributed by atoms with van der Waals surface area (Å²) in [4.78, 5) is 33.5. The van der Waals surface area contributed by atoms with Crippen LogP contribution in [0.4, 0.5) is 14.5 Å². The molecule has 0 aromatic heterocycles. The van der Waals surface area contributed by atoms with E-state index in [0.717, 1.165) is 13.0 Å². The Morgan fingerprint density at radius 2 is 2.00 bits per heavy atom. The van der Waals surface area contributed by atoms with E-state index in [4.69, 9.17) is 4.74 Å². The van der Waals surface area contributed by atoms with Gasteiger partial charge in [0.05, 0.1) is 10.5 Å². The van der Waals surface area contributed by atoms with Crippen LogP contribution >= 0.6 is 0 Å². The van der Waals surface area contributed by atoms with Crippen molar-refractivity contribution >= 4 is 17.3 Å². The molecule has 0 amide bonds. The lowest BCUT2D eigenvalue weighted by molar-refractivity contribution is -0.385. The zero-order valence-electron chi connectivity index (χ0n) is 11.4. The summed E-state index contributed by atoms with van der Waals surface area (Å²) >= 11 is 0. The lowest BCUT2D eigenvalue weighted by Crippen LogP contribution is -2.26. The van der Waals surface area contributed by atoms with Crippen LogP contribution in [0.15, 0.2) is 12.1 Å². The number of rotatable bonds is 7. The van der Waals surface area contributed by atoms with Crippen molar-refractivity contribution in [2.75, 3.05) is 13.2 Å². The molecule has 1 aromatic rings. The molecule has 21 heavy (non-hydrogen) atoms. The predicted octanol–water partition coefficient (Wildman–Crippen LogP) is 2.15. The van der Waals surface area contributed by atoms with Crippen LogP contribution in [0.25, 0.3) is 0 Å². The Hall–Kier alpha value is -2.22. The standard InChI is InChI=1S/C13H13F2NO5/c1-3-21-6-10(18)11(7(2)17)12-9(16(19)20)5-4-8(14)13(12)15/h4-5,11H,3,6H2,1-2H3. The first-order chi connectivity index (χ1) is 9.81. The van der Waals surface area contributed by atoms with Gasteiger partial charge >= 0.3 is 0 Å². The van der Waals surface area contributed by atoms with E-state index in [-0.39, 0.29) is 6.61 Å². The highest BCUT2D eigenvalue weighted by Crippen LogP contribution is 2.32. The van der Waals surface area contributed by atoms with Gasteiger partial charge in [0.25, 0.3) is 5.69 Å². The Bertz CT molecular complexity index is 588. The number of halogens is 2. The Balaban J connectivity index is 3.44. The minimum Gasteiger partial charge on any atom is -0.374 e. The number of nitro groups is 1. The molecule has 1 aromatic carbocycles. The summed E-state index contributed by atoms with van der Waals surface area (Å²) in [6.45, 7) is 2.22. The van der Waals surface area contributed by atoms with Crippen LogP contribution in [0, 0.1) is 21.7 Å². The third-order valence-corrected chi connectivity index (χ3v) is 2.77. The van der Waals surface area contributed by atoms with Gasteiger partial charge in [-0.15, -0.1) is 0 Å². The largest absolute Gasteiger partial charge is 0.374 e. The van der Waals surface area contributed by atoms with Gasteiger partial charge in [0.1, 0.15) is 18.3 Å². The van der Waals surface area contributed by atoms with E-state index in [2.05, 4.69) is 0 Å². The number of benzene rings is 1. The molecule has 8 heteroatoms. The van der Waals surface area contributed by atoms with Gasteiger partial charge in [-0.3, -0.25) is 19.7 Å². The molecule has 0 fully saturated rings. The second-order valence-corrected chi connectivity index (χ2v) is 4.20. The predicted molar refractivity (Wildman–Crippen MR) is 67.9 cm³/mol. The maximum absolute atomic E-state index is 13.9. The number of hydrogen-bond donors (Lipinski definition) is 0. The number of hydrogen-bond acceptors (Lipinski definition) is 5. The maximum atomic E-state index is 13.9. The number of Topliss-reactive ketones (excluding diaryl/α,β-unsaturated/α-hetero) is 2. The van der Waals surface area contributed by atoms with E-state index in [9.17, 15) is 28.5 Å². The topological polar surface area (TPSA) is 86.5 Å². The van der Waals surface area contributed by atoms with Crippen molar-refractivity contribution in [3.8, 4) is 0 Å². The number of nitro benzene ring substituents is 1. The number of carbonyl (C=O) groups is 2. The number of ketones is 2. The molecule has 0 saturated heterocycles. The summed E-state index contributed by atoms with van der Waals surface area (Å²) in [5.41, 5.74) is -1.68. The molecule has 1 unspecified atom stereocenters. The maximum Gasteiger partial charge on any atom is 0.276 e. The SMILES string of the molecule is CCOCC(=O)C(C(C)=O)c1c([N+](=O)[O-])ccc(F)c1F. The molecule has 0 spiro atoms. The van der Waals surface area contributed by atoms with Crippen molar-refractivity contribution in [3.05, 3.63) is 39.4 Å². The number of ether oxygens (including phenoxy) is 1. The molecular weight excluding hydrogens is 288 g/mol. The molecular formula is C13H13F2NO5. The average Bonchev–Trinajstić information content (AvgIpc) is 2.40. The van der Waals surface area contributed by atoms with Gasteiger partial charge in [0, 0.05) is 12.7 Å². The van der Waals surface area contributed by atoms with E-state index in [1.54, 1.807) is 6.92 Å². The lowest BCUT2D eigenvalue weighted by Gasteiger charge is -2.14. The third kappa shape index (κ3) is 3.66. The zero-order valence-corrected chi connectivity index (χ0v) is 11.4. The number of carbonyl (C=O) groups excluding carboxylic acids is 2. The monoisotopic (exact) mass is 301 g/mol. The Labute approximate surface area is 118 Å². The summed E-state index contributed by atoms with van der Waals surface area (Å²) in [6, 6.07) is 1.29. The lowest BCUT2D eigenvalue weighted by atomic mass is 9.89. The average molecular weight is 301 g/mol. The van der Waals surface area contributed by atoms with E-state index >= 15 is 0 Å². The van der Waals surface area contributed by atoms with Crippen molar-refractivity contribution in [3.63, 3.8) is 0 Å². The van der Waals surface area contributed by atoms with Crippen LogP contribution in [0.1, 0.15) is 25.3 Å². The van der Waals surface area contributed by atoms with Crippen molar-refractivity contribution in [1.82, 2.24) is 0 Å². The van der Waals surface area contributed by atoms with Crippen LogP contribution in [0.2, 0.25) is 0 Å². The second kappa shape index (κ2) is 6.98. The molecule has 1 atom stereocenters. The molecule has 0 aliphatic rings. The molecule has 114 valence electrons. The summed E-state index contributed by atoms with van der Waals surface area (Å²) in [5, 5.41) is 10.9. The normalized spacial score (nSPS) is 12.0. The van der Waals surface area contributed by atoms with Crippen LogP contribution in [-0.2, 0) is 14.3 Å². The minimum atomic E-state index is -1.77. The third-order valence-electron chi connectivity index (χ3n) is 2.77. The molecule has 0 bridgehead atoms. The molecule has 0 saturated carbocycles. The van der Waals surface area contributed by atoms with E-state index < -0.39 is 51.9 Å². The summed E-state index contributed by atoms with van der Waals surface area (Å²) in [5.74, 6) is -6.41. The summed E-state index contributed by atoms with van der Waals surface area (Å²) in [7, 11) is 0. The van der Waals surface area contributed by atoms with Gasteiger partial charge in [0.2, 0.25) is 0 Å². The van der Waals surface area contributed by atoms with Crippen LogP contribution in [0.5, 0.6) is 0 Å². The highest BCUT2D eigenvalue weighted by Gasteiger charge is 2.35. The molecule has 0 radical (unpaired) electrons. The van der Waals surface area contributed by atoms with Crippen molar-refractivity contribution in [2.24, 2.45) is 0 Å². The molecule has 0 heterocycles. The van der Waals surface area contributed by atoms with E-state index in [0.29, 0.717) is 6.07 Å². The quantitative estimate of drug-likeness (QED) is 0.437. The smallest absolute Gasteiger partial charge is 0.276 e. The minimum absolute atomic E-state index is 0.171. The first kappa shape index (κ1) is 16.8. The highest BCUT2D eigenvalue weighted by molar-refractivity contribution is 6.08. The zero-order chi connectivity index (χ0) is 16.2. The highest BCUT2D eigenvalue weighted by atomic mass is 19.2. The van der Waals surface area contributed by atoms with Gasteiger partial charge in [-0.2, -0.15) is 0 Å². The van der Waals surface area contributed by atoms with E-state index in [1.165, 1.54) is 0 Å². The Morgan fingerprint density at radius 1 is 1.38 bits per heavy atom. The van der Waals surface area contributed by atoms with Crippen molar-refractivity contribution < 1.29 is 28.0 Å². The number of nitrogens with zero attached hydrogens (tertiary/aromatic N) is 1.